The van der Waals surface area contributed by atoms with Gasteiger partial charge in [-0.05, 0) is 6.92 Å². The summed E-state index contributed by atoms with van der Waals surface area (Å²) in [4.78, 5) is 29.4. The maximum absolute atomic E-state index is 11.6. The van der Waals surface area contributed by atoms with Gasteiger partial charge in [0.05, 0.1) is 19.0 Å². The van der Waals surface area contributed by atoms with Crippen molar-refractivity contribution in [2.45, 2.75) is 13.0 Å². The molecule has 0 aromatic carbocycles. The van der Waals surface area contributed by atoms with E-state index in [0.717, 1.165) is 12.4 Å². The van der Waals surface area contributed by atoms with Gasteiger partial charge in [-0.3, -0.25) is 4.79 Å². The summed E-state index contributed by atoms with van der Waals surface area (Å²) in [6, 6.07) is -0.159. The van der Waals surface area contributed by atoms with Gasteiger partial charge in [-0.2, -0.15) is 0 Å². The fraction of sp³-hybridized carbons (Fsp3) is 0.400. The van der Waals surface area contributed by atoms with E-state index in [0.29, 0.717) is 6.61 Å². The minimum Gasteiger partial charge on any atom is -0.476 e. The first kappa shape index (κ1) is 13.0. The number of ether oxygens (including phenoxy) is 1. The lowest BCUT2D eigenvalue weighted by Gasteiger charge is -2.11. The maximum Gasteiger partial charge on any atom is 0.356 e. The number of carboxylic acid groups (broad SMARTS) is 1. The van der Waals surface area contributed by atoms with Gasteiger partial charge >= 0.3 is 5.97 Å². The predicted octanol–water partition coefficient (Wildman–Crippen LogP) is -0.0605. The molecule has 0 aliphatic rings. The zero-order valence-corrected chi connectivity index (χ0v) is 9.51. The van der Waals surface area contributed by atoms with Crippen LogP contribution in [0, 0.1) is 0 Å². The summed E-state index contributed by atoms with van der Waals surface area (Å²) in [6.07, 6.45) is 2.16. The summed E-state index contributed by atoms with van der Waals surface area (Å²) >= 11 is 0. The van der Waals surface area contributed by atoms with Gasteiger partial charge in [-0.1, -0.05) is 0 Å². The second kappa shape index (κ2) is 5.90. The molecule has 92 valence electrons. The molecule has 1 atom stereocenters. The summed E-state index contributed by atoms with van der Waals surface area (Å²) in [5.41, 5.74) is -0.135. The lowest BCUT2D eigenvalue weighted by molar-refractivity contribution is 0.0688. The molecule has 0 saturated heterocycles. The number of aromatic carboxylic acids is 1. The van der Waals surface area contributed by atoms with Gasteiger partial charge < -0.3 is 15.2 Å². The number of rotatable bonds is 5. The van der Waals surface area contributed by atoms with Crippen molar-refractivity contribution in [2.75, 3.05) is 13.7 Å². The first-order valence-corrected chi connectivity index (χ1v) is 4.89. The van der Waals surface area contributed by atoms with Crippen LogP contribution in [-0.4, -0.2) is 46.7 Å². The summed E-state index contributed by atoms with van der Waals surface area (Å²) in [5, 5.41) is 11.2. The summed E-state index contributed by atoms with van der Waals surface area (Å²) in [7, 11) is 1.53. The number of carbonyl (C=O) groups is 2. The van der Waals surface area contributed by atoms with Crippen LogP contribution in [-0.2, 0) is 4.74 Å². The molecule has 1 heterocycles. The molecule has 1 aromatic heterocycles. The number of hydrogen-bond donors (Lipinski definition) is 2. The van der Waals surface area contributed by atoms with Crippen LogP contribution in [0.15, 0.2) is 12.4 Å². The molecule has 0 saturated carbocycles. The Morgan fingerprint density at radius 2 is 2.00 bits per heavy atom. The first-order chi connectivity index (χ1) is 8.04. The average Bonchev–Trinajstić information content (AvgIpc) is 2.29. The highest BCUT2D eigenvalue weighted by atomic mass is 16.5. The van der Waals surface area contributed by atoms with Crippen molar-refractivity contribution in [3.8, 4) is 0 Å². The maximum atomic E-state index is 11.6. The SMILES string of the molecule is COC[C@@H](C)NC(=O)c1cnc(C(=O)O)cn1. The third kappa shape index (κ3) is 3.80. The Balaban J connectivity index is 2.66. The molecule has 7 heteroatoms. The van der Waals surface area contributed by atoms with E-state index in [4.69, 9.17) is 9.84 Å². The minimum absolute atomic E-state index is 0.0675. The van der Waals surface area contributed by atoms with Gasteiger partial charge in [0.25, 0.3) is 5.91 Å². The molecule has 1 rings (SSSR count). The standard InChI is InChI=1S/C10H13N3O4/c1-6(5-17-2)13-9(14)7-3-12-8(4-11-7)10(15)16/h3-4,6H,5H2,1-2H3,(H,13,14)(H,15,16)/t6-/m1/s1. The highest BCUT2D eigenvalue weighted by Gasteiger charge is 2.12. The fourth-order valence-corrected chi connectivity index (χ4v) is 1.15. The Morgan fingerprint density at radius 1 is 1.41 bits per heavy atom. The molecule has 0 fully saturated rings. The number of amides is 1. The van der Waals surface area contributed by atoms with Crippen LogP contribution in [0.5, 0.6) is 0 Å². The van der Waals surface area contributed by atoms with E-state index in [1.165, 1.54) is 7.11 Å². The van der Waals surface area contributed by atoms with E-state index in [1.54, 1.807) is 6.92 Å². The van der Waals surface area contributed by atoms with Gasteiger partial charge in [0.15, 0.2) is 5.69 Å². The van der Waals surface area contributed by atoms with Crippen LogP contribution in [0.1, 0.15) is 27.9 Å². The molecule has 2 N–H and O–H groups in total. The second-order valence-electron chi connectivity index (χ2n) is 3.42. The molecule has 1 aromatic rings. The number of hydrogen-bond acceptors (Lipinski definition) is 5. The van der Waals surface area contributed by atoms with E-state index in [-0.39, 0.29) is 17.4 Å². The van der Waals surface area contributed by atoms with Crippen molar-refractivity contribution in [2.24, 2.45) is 0 Å². The molecule has 0 aliphatic heterocycles. The Bertz CT molecular complexity index is 405. The van der Waals surface area contributed by atoms with Crippen LogP contribution in [0.25, 0.3) is 0 Å². The van der Waals surface area contributed by atoms with Crippen LogP contribution in [0.2, 0.25) is 0 Å². The molecular weight excluding hydrogens is 226 g/mol. The Morgan fingerprint density at radius 3 is 2.47 bits per heavy atom. The molecule has 0 bridgehead atoms. The minimum atomic E-state index is -1.18. The highest BCUT2D eigenvalue weighted by molar-refractivity contribution is 5.92. The lowest BCUT2D eigenvalue weighted by Crippen LogP contribution is -2.36. The number of nitrogens with one attached hydrogen (secondary N) is 1. The molecular formula is C10H13N3O4. The molecule has 7 nitrogen and oxygen atoms in total. The van der Waals surface area contributed by atoms with Gasteiger partial charge in [0, 0.05) is 13.2 Å². The topological polar surface area (TPSA) is 101 Å². The van der Waals surface area contributed by atoms with Crippen molar-refractivity contribution in [3.05, 3.63) is 23.8 Å². The van der Waals surface area contributed by atoms with Crippen LogP contribution < -0.4 is 5.32 Å². The molecule has 0 radical (unpaired) electrons. The Kier molecular flexibility index (Phi) is 4.53. The smallest absolute Gasteiger partial charge is 0.356 e. The first-order valence-electron chi connectivity index (χ1n) is 4.89. The number of methoxy groups -OCH3 is 1. The second-order valence-corrected chi connectivity index (χ2v) is 3.42. The Hall–Kier alpha value is -2.02. The number of carboxylic acids is 1. The molecule has 0 spiro atoms. The molecule has 0 unspecified atom stereocenters. The van der Waals surface area contributed by atoms with Crippen molar-refractivity contribution in [1.29, 1.82) is 0 Å². The third-order valence-electron chi connectivity index (χ3n) is 1.90. The number of aromatic nitrogens is 2. The van der Waals surface area contributed by atoms with Crippen molar-refractivity contribution in [3.63, 3.8) is 0 Å². The summed E-state index contributed by atoms with van der Waals surface area (Å²) < 4.78 is 4.86. The van der Waals surface area contributed by atoms with Gasteiger partial charge in [-0.25, -0.2) is 14.8 Å². The van der Waals surface area contributed by atoms with E-state index in [9.17, 15) is 9.59 Å². The van der Waals surface area contributed by atoms with E-state index >= 15 is 0 Å². The predicted molar refractivity (Wildman–Crippen MR) is 57.8 cm³/mol. The van der Waals surface area contributed by atoms with Crippen molar-refractivity contribution < 1.29 is 19.4 Å². The summed E-state index contributed by atoms with van der Waals surface area (Å²) in [5.74, 6) is -1.60. The monoisotopic (exact) mass is 239 g/mol. The normalized spacial score (nSPS) is 11.9. The van der Waals surface area contributed by atoms with Crippen LogP contribution >= 0.6 is 0 Å². The zero-order chi connectivity index (χ0) is 12.8. The van der Waals surface area contributed by atoms with E-state index in [2.05, 4.69) is 15.3 Å². The number of carbonyl (C=O) groups excluding carboxylic acids is 1. The van der Waals surface area contributed by atoms with Gasteiger partial charge in [-0.15, -0.1) is 0 Å². The largest absolute Gasteiger partial charge is 0.476 e. The third-order valence-corrected chi connectivity index (χ3v) is 1.90. The number of nitrogens with zero attached hydrogens (tertiary/aromatic N) is 2. The highest BCUT2D eigenvalue weighted by Crippen LogP contribution is 1.96. The molecule has 0 aliphatic carbocycles. The Labute approximate surface area is 97.8 Å². The van der Waals surface area contributed by atoms with Crippen molar-refractivity contribution >= 4 is 11.9 Å². The van der Waals surface area contributed by atoms with Gasteiger partial charge in [0.2, 0.25) is 0 Å². The lowest BCUT2D eigenvalue weighted by atomic mass is 10.3. The molecule has 17 heavy (non-hydrogen) atoms. The summed E-state index contributed by atoms with van der Waals surface area (Å²) in [6.45, 7) is 2.16. The average molecular weight is 239 g/mol. The van der Waals surface area contributed by atoms with Gasteiger partial charge in [0.1, 0.15) is 5.69 Å². The van der Waals surface area contributed by atoms with E-state index < -0.39 is 11.9 Å². The van der Waals surface area contributed by atoms with Crippen LogP contribution in [0.3, 0.4) is 0 Å². The quantitative estimate of drug-likeness (QED) is 0.746. The fourth-order valence-electron chi connectivity index (χ4n) is 1.15. The van der Waals surface area contributed by atoms with Crippen LogP contribution in [0.4, 0.5) is 0 Å². The van der Waals surface area contributed by atoms with E-state index in [1.807, 2.05) is 0 Å². The zero-order valence-electron chi connectivity index (χ0n) is 9.51. The molecule has 1 amide bonds. The van der Waals surface area contributed by atoms with Crippen molar-refractivity contribution in [1.82, 2.24) is 15.3 Å².